The summed E-state index contributed by atoms with van der Waals surface area (Å²) in [5.74, 6) is 0.412. The van der Waals surface area contributed by atoms with Crippen LogP contribution < -0.4 is 4.90 Å². The third-order valence-corrected chi connectivity index (χ3v) is 5.21. The Labute approximate surface area is 129 Å². The SMILES string of the molecule is O=C(C[NH+]1CCN(C(=O)c2cccs2)CC1)N1CCCC1. The molecule has 3 rings (SSSR count). The lowest BCUT2D eigenvalue weighted by molar-refractivity contribution is -0.896. The zero-order valence-corrected chi connectivity index (χ0v) is 13.0. The topological polar surface area (TPSA) is 45.1 Å². The van der Waals surface area contributed by atoms with E-state index in [1.165, 1.54) is 16.2 Å². The number of amides is 2. The summed E-state index contributed by atoms with van der Waals surface area (Å²) in [4.78, 5) is 30.4. The summed E-state index contributed by atoms with van der Waals surface area (Å²) >= 11 is 1.49. The van der Waals surface area contributed by atoms with Crippen LogP contribution in [0.2, 0.25) is 0 Å². The van der Waals surface area contributed by atoms with Crippen molar-refractivity contribution in [3.8, 4) is 0 Å². The number of nitrogens with zero attached hydrogens (tertiary/aromatic N) is 2. The maximum absolute atomic E-state index is 12.3. The fourth-order valence-electron chi connectivity index (χ4n) is 3.05. The van der Waals surface area contributed by atoms with Crippen LogP contribution in [0.4, 0.5) is 0 Å². The molecule has 2 aliphatic rings. The molecule has 0 bridgehead atoms. The Kier molecular flexibility index (Phi) is 4.55. The van der Waals surface area contributed by atoms with Crippen LogP contribution in [0.3, 0.4) is 0 Å². The van der Waals surface area contributed by atoms with E-state index in [1.54, 1.807) is 0 Å². The standard InChI is InChI=1S/C15H21N3O2S/c19-14(17-5-1-2-6-17)12-16-7-9-18(10-8-16)15(20)13-4-3-11-21-13/h3-4,11H,1-2,5-10,12H2/p+1. The Balaban J connectivity index is 1.46. The number of thiophene rings is 1. The second-order valence-electron chi connectivity index (χ2n) is 5.78. The molecule has 1 aromatic rings. The minimum Gasteiger partial charge on any atom is -0.338 e. The van der Waals surface area contributed by atoms with Crippen LogP contribution in [0.1, 0.15) is 22.5 Å². The zero-order chi connectivity index (χ0) is 14.7. The van der Waals surface area contributed by atoms with Gasteiger partial charge in [0.2, 0.25) is 0 Å². The van der Waals surface area contributed by atoms with Gasteiger partial charge in [-0.05, 0) is 24.3 Å². The van der Waals surface area contributed by atoms with Gasteiger partial charge in [-0.2, -0.15) is 0 Å². The summed E-state index contributed by atoms with van der Waals surface area (Å²) in [7, 11) is 0. The first kappa shape index (κ1) is 14.5. The van der Waals surface area contributed by atoms with Gasteiger partial charge in [-0.15, -0.1) is 11.3 Å². The molecule has 21 heavy (non-hydrogen) atoms. The van der Waals surface area contributed by atoms with E-state index in [1.807, 2.05) is 27.3 Å². The van der Waals surface area contributed by atoms with Gasteiger partial charge in [0.1, 0.15) is 0 Å². The number of carbonyl (C=O) groups is 2. The molecule has 0 saturated carbocycles. The van der Waals surface area contributed by atoms with E-state index in [9.17, 15) is 9.59 Å². The van der Waals surface area contributed by atoms with E-state index >= 15 is 0 Å². The van der Waals surface area contributed by atoms with Gasteiger partial charge >= 0.3 is 0 Å². The smallest absolute Gasteiger partial charge is 0.277 e. The van der Waals surface area contributed by atoms with Crippen LogP contribution in [0.15, 0.2) is 17.5 Å². The second-order valence-corrected chi connectivity index (χ2v) is 6.73. The Bertz CT molecular complexity index is 489. The van der Waals surface area contributed by atoms with Crippen molar-refractivity contribution in [2.24, 2.45) is 0 Å². The largest absolute Gasteiger partial charge is 0.338 e. The lowest BCUT2D eigenvalue weighted by Gasteiger charge is -2.32. The number of carbonyl (C=O) groups excluding carboxylic acids is 2. The molecule has 1 N–H and O–H groups in total. The number of piperazine rings is 1. The quantitative estimate of drug-likeness (QED) is 0.834. The molecule has 0 unspecified atom stereocenters. The summed E-state index contributed by atoms with van der Waals surface area (Å²) in [5.41, 5.74) is 0. The van der Waals surface area contributed by atoms with Crippen LogP contribution in [-0.2, 0) is 4.79 Å². The molecule has 0 atom stereocenters. The normalized spacial score (nSPS) is 20.0. The number of hydrogen-bond acceptors (Lipinski definition) is 3. The van der Waals surface area contributed by atoms with Gasteiger partial charge in [0.05, 0.1) is 31.1 Å². The maximum Gasteiger partial charge on any atom is 0.277 e. The summed E-state index contributed by atoms with van der Waals surface area (Å²) < 4.78 is 0. The van der Waals surface area contributed by atoms with Gasteiger partial charge in [-0.3, -0.25) is 9.59 Å². The Hall–Kier alpha value is -1.40. The number of nitrogens with one attached hydrogen (secondary N) is 1. The molecule has 1 aromatic heterocycles. The molecular formula is C15H22N3O2S+. The lowest BCUT2D eigenvalue weighted by Crippen LogP contribution is -3.15. The molecule has 2 aliphatic heterocycles. The average Bonchev–Trinajstić information content (AvgIpc) is 3.20. The maximum atomic E-state index is 12.3. The van der Waals surface area contributed by atoms with Crippen LogP contribution in [0.5, 0.6) is 0 Å². The van der Waals surface area contributed by atoms with Crippen LogP contribution in [-0.4, -0.2) is 67.4 Å². The van der Waals surface area contributed by atoms with E-state index in [2.05, 4.69) is 0 Å². The molecule has 2 fully saturated rings. The molecule has 0 radical (unpaired) electrons. The second kappa shape index (κ2) is 6.58. The van der Waals surface area contributed by atoms with Crippen LogP contribution in [0, 0.1) is 0 Å². The van der Waals surface area contributed by atoms with Crippen LogP contribution in [0.25, 0.3) is 0 Å². The van der Waals surface area contributed by atoms with Crippen molar-refractivity contribution >= 4 is 23.2 Å². The van der Waals surface area contributed by atoms with Crippen molar-refractivity contribution in [2.75, 3.05) is 45.8 Å². The van der Waals surface area contributed by atoms with E-state index in [4.69, 9.17) is 0 Å². The third kappa shape index (κ3) is 3.44. The van der Waals surface area contributed by atoms with E-state index < -0.39 is 0 Å². The number of quaternary nitrogens is 1. The summed E-state index contributed by atoms with van der Waals surface area (Å²) in [6, 6.07) is 3.79. The van der Waals surface area contributed by atoms with Crippen molar-refractivity contribution in [1.82, 2.24) is 9.80 Å². The van der Waals surface area contributed by atoms with Crippen molar-refractivity contribution in [1.29, 1.82) is 0 Å². The predicted molar refractivity (Wildman–Crippen MR) is 81.6 cm³/mol. The molecule has 114 valence electrons. The zero-order valence-electron chi connectivity index (χ0n) is 12.2. The van der Waals surface area contributed by atoms with Gasteiger partial charge in [0.25, 0.3) is 11.8 Å². The number of rotatable bonds is 3. The molecule has 0 aromatic carbocycles. The van der Waals surface area contributed by atoms with Crippen LogP contribution >= 0.6 is 11.3 Å². The van der Waals surface area contributed by atoms with E-state index in [0.717, 1.165) is 57.0 Å². The Morgan fingerprint density at radius 2 is 1.81 bits per heavy atom. The van der Waals surface area contributed by atoms with Crippen molar-refractivity contribution in [3.63, 3.8) is 0 Å². The van der Waals surface area contributed by atoms with E-state index in [0.29, 0.717) is 6.54 Å². The van der Waals surface area contributed by atoms with Gasteiger partial charge in [0.15, 0.2) is 6.54 Å². The van der Waals surface area contributed by atoms with Gasteiger partial charge in [-0.1, -0.05) is 6.07 Å². The van der Waals surface area contributed by atoms with Gasteiger partial charge < -0.3 is 14.7 Å². The molecule has 5 nitrogen and oxygen atoms in total. The van der Waals surface area contributed by atoms with Crippen molar-refractivity contribution in [2.45, 2.75) is 12.8 Å². The van der Waals surface area contributed by atoms with Crippen molar-refractivity contribution < 1.29 is 14.5 Å². The first-order valence-electron chi connectivity index (χ1n) is 7.68. The third-order valence-electron chi connectivity index (χ3n) is 4.35. The fourth-order valence-corrected chi connectivity index (χ4v) is 3.74. The summed E-state index contributed by atoms with van der Waals surface area (Å²) in [5, 5.41) is 1.93. The van der Waals surface area contributed by atoms with Crippen molar-refractivity contribution in [3.05, 3.63) is 22.4 Å². The predicted octanol–water partition coefficient (Wildman–Crippen LogP) is -0.289. The highest BCUT2D eigenvalue weighted by molar-refractivity contribution is 7.12. The molecule has 2 saturated heterocycles. The highest BCUT2D eigenvalue weighted by Crippen LogP contribution is 2.12. The minimum atomic E-state index is 0.134. The fraction of sp³-hybridized carbons (Fsp3) is 0.600. The van der Waals surface area contributed by atoms with Gasteiger partial charge in [-0.25, -0.2) is 0 Å². The Morgan fingerprint density at radius 3 is 2.43 bits per heavy atom. The average molecular weight is 308 g/mol. The first-order chi connectivity index (χ1) is 10.2. The molecule has 0 spiro atoms. The minimum absolute atomic E-state index is 0.134. The molecular weight excluding hydrogens is 286 g/mol. The molecule has 6 heteroatoms. The van der Waals surface area contributed by atoms with E-state index in [-0.39, 0.29) is 11.8 Å². The summed E-state index contributed by atoms with van der Waals surface area (Å²) in [6.45, 7) is 5.68. The number of likely N-dealkylation sites (tertiary alicyclic amines) is 1. The summed E-state index contributed by atoms with van der Waals surface area (Å²) in [6.07, 6.45) is 2.29. The molecule has 2 amide bonds. The first-order valence-corrected chi connectivity index (χ1v) is 8.56. The number of hydrogen-bond donors (Lipinski definition) is 1. The monoisotopic (exact) mass is 308 g/mol. The molecule has 3 heterocycles. The Morgan fingerprint density at radius 1 is 1.10 bits per heavy atom. The van der Waals surface area contributed by atoms with Gasteiger partial charge in [0, 0.05) is 13.1 Å². The molecule has 0 aliphatic carbocycles. The highest BCUT2D eigenvalue weighted by atomic mass is 32.1. The highest BCUT2D eigenvalue weighted by Gasteiger charge is 2.28. The lowest BCUT2D eigenvalue weighted by atomic mass is 10.3.